The second-order valence-electron chi connectivity index (χ2n) is 4.38. The molecule has 2 rings (SSSR count). The maximum Gasteiger partial charge on any atom is 0.325 e. The summed E-state index contributed by atoms with van der Waals surface area (Å²) in [7, 11) is 4.49. The van der Waals surface area contributed by atoms with E-state index in [0.717, 1.165) is 0 Å². The number of amides is 2. The van der Waals surface area contributed by atoms with Crippen LogP contribution in [-0.4, -0.2) is 32.5 Å². The molecule has 2 amide bonds. The van der Waals surface area contributed by atoms with E-state index in [0.29, 0.717) is 28.0 Å². The van der Waals surface area contributed by atoms with E-state index < -0.39 is 6.03 Å². The predicted molar refractivity (Wildman–Crippen MR) is 84.4 cm³/mol. The minimum Gasteiger partial charge on any atom is -0.495 e. The fourth-order valence-electron chi connectivity index (χ4n) is 1.81. The molecule has 0 aliphatic carbocycles. The predicted octanol–water partition coefficient (Wildman–Crippen LogP) is 3.14. The van der Waals surface area contributed by atoms with Crippen molar-refractivity contribution >= 4 is 29.1 Å². The quantitative estimate of drug-likeness (QED) is 0.838. The third kappa shape index (κ3) is 4.27. The summed E-state index contributed by atoms with van der Waals surface area (Å²) in [5.74, 6) is 1.60. The molecule has 0 saturated carbocycles. The maximum atomic E-state index is 12.0. The van der Waals surface area contributed by atoms with Crippen LogP contribution >= 0.6 is 11.6 Å². The van der Waals surface area contributed by atoms with Crippen LogP contribution in [0.25, 0.3) is 0 Å². The number of methoxy groups -OCH3 is 3. The summed E-state index contributed by atoms with van der Waals surface area (Å²) in [6.07, 6.45) is 0. The Kier molecular flexibility index (Phi) is 5.67. The standard InChI is InChI=1S/C14H16ClN3O5/c1-20-7-8-4-13(18-23-8)17-14(19)16-10-5-9(15)11(21-2)6-12(10)22-3/h4-6H,7H2,1-3H3,(H2,16,17,18,19). The first kappa shape index (κ1) is 16.9. The van der Waals surface area contributed by atoms with Crippen molar-refractivity contribution in [2.24, 2.45) is 0 Å². The summed E-state index contributed by atoms with van der Waals surface area (Å²) in [5.41, 5.74) is 0.386. The Morgan fingerprint density at radius 3 is 2.57 bits per heavy atom. The Labute approximate surface area is 137 Å². The van der Waals surface area contributed by atoms with Gasteiger partial charge < -0.3 is 24.1 Å². The lowest BCUT2D eigenvalue weighted by molar-refractivity contribution is 0.156. The van der Waals surface area contributed by atoms with E-state index in [9.17, 15) is 4.79 Å². The Hall–Kier alpha value is -2.45. The molecule has 0 saturated heterocycles. The van der Waals surface area contributed by atoms with Crippen molar-refractivity contribution < 1.29 is 23.5 Å². The molecule has 2 N–H and O–H groups in total. The van der Waals surface area contributed by atoms with E-state index in [1.807, 2.05) is 0 Å². The highest BCUT2D eigenvalue weighted by Gasteiger charge is 2.14. The molecule has 8 nitrogen and oxygen atoms in total. The van der Waals surface area contributed by atoms with Gasteiger partial charge in [-0.05, 0) is 6.07 Å². The van der Waals surface area contributed by atoms with Gasteiger partial charge in [-0.1, -0.05) is 16.8 Å². The molecule has 0 aliphatic heterocycles. The largest absolute Gasteiger partial charge is 0.495 e. The van der Waals surface area contributed by atoms with Gasteiger partial charge in [0.15, 0.2) is 11.6 Å². The number of hydrogen-bond acceptors (Lipinski definition) is 6. The SMILES string of the molecule is COCc1cc(NC(=O)Nc2cc(Cl)c(OC)cc2OC)no1. The van der Waals surface area contributed by atoms with Crippen molar-refractivity contribution in [1.29, 1.82) is 0 Å². The number of carbonyl (C=O) groups excluding carboxylic acids is 1. The average molecular weight is 342 g/mol. The minimum atomic E-state index is -0.526. The Balaban J connectivity index is 2.08. The number of nitrogens with one attached hydrogen (secondary N) is 2. The molecule has 0 spiro atoms. The van der Waals surface area contributed by atoms with Crippen molar-refractivity contribution in [3.63, 3.8) is 0 Å². The van der Waals surface area contributed by atoms with E-state index in [1.165, 1.54) is 27.4 Å². The zero-order valence-corrected chi connectivity index (χ0v) is 13.6. The smallest absolute Gasteiger partial charge is 0.325 e. The van der Waals surface area contributed by atoms with Gasteiger partial charge in [0.1, 0.15) is 18.1 Å². The van der Waals surface area contributed by atoms with Crippen LogP contribution < -0.4 is 20.1 Å². The van der Waals surface area contributed by atoms with Gasteiger partial charge in [-0.25, -0.2) is 4.79 Å². The van der Waals surface area contributed by atoms with E-state index in [-0.39, 0.29) is 12.4 Å². The molecular weight excluding hydrogens is 326 g/mol. The lowest BCUT2D eigenvalue weighted by atomic mass is 10.2. The molecular formula is C14H16ClN3O5. The summed E-state index contributed by atoms with van der Waals surface area (Å²) in [4.78, 5) is 12.0. The number of benzene rings is 1. The number of ether oxygens (including phenoxy) is 3. The molecule has 23 heavy (non-hydrogen) atoms. The number of carbonyl (C=O) groups is 1. The van der Waals surface area contributed by atoms with Crippen LogP contribution in [0.3, 0.4) is 0 Å². The highest BCUT2D eigenvalue weighted by atomic mass is 35.5. The van der Waals surface area contributed by atoms with Crippen LogP contribution in [0.4, 0.5) is 16.3 Å². The zero-order valence-electron chi connectivity index (χ0n) is 12.8. The van der Waals surface area contributed by atoms with Crippen molar-refractivity contribution in [2.75, 3.05) is 32.0 Å². The third-order valence-electron chi connectivity index (χ3n) is 2.81. The number of urea groups is 1. The molecule has 1 heterocycles. The topological polar surface area (TPSA) is 94.9 Å². The van der Waals surface area contributed by atoms with Crippen molar-refractivity contribution in [2.45, 2.75) is 6.61 Å². The molecule has 0 fully saturated rings. The first-order valence-corrected chi connectivity index (χ1v) is 6.89. The Bertz CT molecular complexity index is 689. The lowest BCUT2D eigenvalue weighted by Crippen LogP contribution is -2.20. The average Bonchev–Trinajstić information content (AvgIpc) is 2.95. The molecule has 0 unspecified atom stereocenters. The summed E-state index contributed by atoms with van der Waals surface area (Å²) < 4.78 is 20.2. The van der Waals surface area contributed by atoms with Crippen molar-refractivity contribution in [1.82, 2.24) is 5.16 Å². The van der Waals surface area contributed by atoms with Gasteiger partial charge in [0.25, 0.3) is 0 Å². The third-order valence-corrected chi connectivity index (χ3v) is 3.10. The number of anilines is 2. The molecule has 0 atom stereocenters. The molecule has 0 bridgehead atoms. The second-order valence-corrected chi connectivity index (χ2v) is 4.78. The number of hydrogen-bond donors (Lipinski definition) is 2. The molecule has 2 aromatic rings. The number of rotatable bonds is 6. The highest BCUT2D eigenvalue weighted by molar-refractivity contribution is 6.32. The second kappa shape index (κ2) is 7.70. The fraction of sp³-hybridized carbons (Fsp3) is 0.286. The van der Waals surface area contributed by atoms with Gasteiger partial charge in [-0.15, -0.1) is 0 Å². The van der Waals surface area contributed by atoms with Gasteiger partial charge in [-0.3, -0.25) is 5.32 Å². The van der Waals surface area contributed by atoms with Crippen LogP contribution in [0.5, 0.6) is 11.5 Å². The Morgan fingerprint density at radius 1 is 1.17 bits per heavy atom. The summed E-state index contributed by atoms with van der Waals surface area (Å²) in [6, 6.07) is 4.13. The van der Waals surface area contributed by atoms with Gasteiger partial charge in [-0.2, -0.15) is 0 Å². The van der Waals surface area contributed by atoms with Gasteiger partial charge in [0, 0.05) is 19.2 Å². The fourth-order valence-corrected chi connectivity index (χ4v) is 2.05. The molecule has 1 aromatic heterocycles. The van der Waals surface area contributed by atoms with E-state index >= 15 is 0 Å². The molecule has 0 aliphatic rings. The monoisotopic (exact) mass is 341 g/mol. The molecule has 0 radical (unpaired) electrons. The Morgan fingerprint density at radius 2 is 1.91 bits per heavy atom. The van der Waals surface area contributed by atoms with E-state index in [4.69, 9.17) is 30.3 Å². The number of aromatic nitrogens is 1. The van der Waals surface area contributed by atoms with Crippen molar-refractivity contribution in [3.05, 3.63) is 29.0 Å². The van der Waals surface area contributed by atoms with E-state index in [2.05, 4.69) is 15.8 Å². The van der Waals surface area contributed by atoms with Crippen LogP contribution in [0, 0.1) is 0 Å². The minimum absolute atomic E-state index is 0.258. The molecule has 1 aromatic carbocycles. The van der Waals surface area contributed by atoms with Crippen LogP contribution in [0.1, 0.15) is 5.76 Å². The molecule has 9 heteroatoms. The van der Waals surface area contributed by atoms with Gasteiger partial charge in [0.05, 0.1) is 24.9 Å². The first-order chi connectivity index (χ1) is 11.1. The summed E-state index contributed by atoms with van der Waals surface area (Å²) >= 11 is 6.05. The van der Waals surface area contributed by atoms with Crippen molar-refractivity contribution in [3.8, 4) is 11.5 Å². The van der Waals surface area contributed by atoms with Crippen LogP contribution in [0.2, 0.25) is 5.02 Å². The maximum absolute atomic E-state index is 12.0. The normalized spacial score (nSPS) is 10.3. The molecule has 124 valence electrons. The lowest BCUT2D eigenvalue weighted by Gasteiger charge is -2.13. The number of halogens is 1. The van der Waals surface area contributed by atoms with Crippen LogP contribution in [-0.2, 0) is 11.3 Å². The highest BCUT2D eigenvalue weighted by Crippen LogP contribution is 2.35. The summed E-state index contributed by atoms with van der Waals surface area (Å²) in [6.45, 7) is 0.262. The summed E-state index contributed by atoms with van der Waals surface area (Å²) in [5, 5.41) is 9.18. The zero-order chi connectivity index (χ0) is 16.8. The number of nitrogens with zero attached hydrogens (tertiary/aromatic N) is 1. The van der Waals surface area contributed by atoms with Gasteiger partial charge >= 0.3 is 6.03 Å². The first-order valence-electron chi connectivity index (χ1n) is 6.51. The van der Waals surface area contributed by atoms with Crippen LogP contribution in [0.15, 0.2) is 22.7 Å². The van der Waals surface area contributed by atoms with E-state index in [1.54, 1.807) is 12.1 Å². The van der Waals surface area contributed by atoms with Gasteiger partial charge in [0.2, 0.25) is 0 Å².